The Morgan fingerprint density at radius 2 is 2.16 bits per heavy atom. The van der Waals surface area contributed by atoms with Crippen molar-refractivity contribution in [2.45, 2.75) is 45.6 Å². The third-order valence-corrected chi connectivity index (χ3v) is 6.63. The van der Waals surface area contributed by atoms with E-state index in [4.69, 9.17) is 4.42 Å². The molecule has 0 aromatic carbocycles. The Morgan fingerprint density at radius 3 is 2.76 bits per heavy atom. The van der Waals surface area contributed by atoms with Crippen LogP contribution in [0.25, 0.3) is 0 Å². The second-order valence-corrected chi connectivity index (χ2v) is 8.10. The van der Waals surface area contributed by atoms with Crippen molar-refractivity contribution in [2.75, 3.05) is 6.61 Å². The van der Waals surface area contributed by atoms with Gasteiger partial charge in [-0.1, -0.05) is 26.0 Å². The van der Waals surface area contributed by atoms with Crippen LogP contribution in [-0.4, -0.2) is 34.5 Å². The van der Waals surface area contributed by atoms with Gasteiger partial charge in [-0.15, -0.1) is 0 Å². The first kappa shape index (κ1) is 18.1. The van der Waals surface area contributed by atoms with E-state index >= 15 is 0 Å². The molecule has 0 spiro atoms. The van der Waals surface area contributed by atoms with E-state index < -0.39 is 16.9 Å². The minimum Gasteiger partial charge on any atom is -0.472 e. The van der Waals surface area contributed by atoms with E-state index in [9.17, 15) is 19.8 Å². The van der Waals surface area contributed by atoms with Gasteiger partial charge in [0.15, 0.2) is 5.78 Å². The summed E-state index contributed by atoms with van der Waals surface area (Å²) < 4.78 is 5.00. The summed E-state index contributed by atoms with van der Waals surface area (Å²) in [7, 11) is 0. The number of aliphatic hydroxyl groups excluding tert-OH is 2. The summed E-state index contributed by atoms with van der Waals surface area (Å²) in [6.07, 6.45) is 3.73. The number of furan rings is 1. The number of Topliss-reactive ketones (excluding diaryl/α,β-unsaturated/α-hetero) is 2. The molecule has 5 atom stereocenters. The average molecular weight is 346 g/mol. The van der Waals surface area contributed by atoms with E-state index in [0.29, 0.717) is 24.8 Å². The Morgan fingerprint density at radius 1 is 1.44 bits per heavy atom. The molecule has 2 saturated carbocycles. The van der Waals surface area contributed by atoms with Crippen LogP contribution in [0.15, 0.2) is 35.2 Å². The Hall–Kier alpha value is -1.72. The van der Waals surface area contributed by atoms with E-state index in [-0.39, 0.29) is 36.4 Å². The Kier molecular flexibility index (Phi) is 4.50. The Labute approximate surface area is 147 Å². The van der Waals surface area contributed by atoms with E-state index in [1.165, 1.54) is 12.5 Å². The van der Waals surface area contributed by atoms with Crippen molar-refractivity contribution in [1.82, 2.24) is 0 Å². The van der Waals surface area contributed by atoms with Crippen molar-refractivity contribution >= 4 is 11.6 Å². The number of ketones is 2. The van der Waals surface area contributed by atoms with Crippen molar-refractivity contribution in [2.24, 2.45) is 22.7 Å². The number of carbonyl (C=O) groups is 2. The number of hydrogen-bond acceptors (Lipinski definition) is 5. The minimum absolute atomic E-state index is 0.0102. The number of aliphatic hydroxyl groups is 2. The maximum absolute atomic E-state index is 12.6. The van der Waals surface area contributed by atoms with Crippen LogP contribution >= 0.6 is 0 Å². The smallest absolute Gasteiger partial charge is 0.166 e. The third-order valence-electron chi connectivity index (χ3n) is 6.63. The highest BCUT2D eigenvalue weighted by atomic mass is 16.3. The van der Waals surface area contributed by atoms with Gasteiger partial charge in [-0.3, -0.25) is 9.59 Å². The number of rotatable bonds is 4. The van der Waals surface area contributed by atoms with Gasteiger partial charge in [-0.25, -0.2) is 0 Å². The van der Waals surface area contributed by atoms with E-state index in [2.05, 4.69) is 6.58 Å². The molecule has 1 aromatic rings. The van der Waals surface area contributed by atoms with Crippen LogP contribution < -0.4 is 0 Å². The molecule has 136 valence electrons. The topological polar surface area (TPSA) is 87.7 Å². The van der Waals surface area contributed by atoms with Crippen molar-refractivity contribution in [3.05, 3.63) is 36.3 Å². The second-order valence-electron chi connectivity index (χ2n) is 8.10. The van der Waals surface area contributed by atoms with Crippen molar-refractivity contribution < 1.29 is 24.2 Å². The first-order valence-corrected chi connectivity index (χ1v) is 8.79. The van der Waals surface area contributed by atoms with Gasteiger partial charge in [-0.05, 0) is 30.2 Å². The van der Waals surface area contributed by atoms with Crippen LogP contribution in [-0.2, 0) is 4.79 Å². The minimum atomic E-state index is -0.982. The third kappa shape index (κ3) is 2.70. The van der Waals surface area contributed by atoms with Gasteiger partial charge in [0.1, 0.15) is 12.0 Å². The van der Waals surface area contributed by atoms with Crippen molar-refractivity contribution in [1.29, 1.82) is 0 Å². The fourth-order valence-corrected chi connectivity index (χ4v) is 5.27. The zero-order valence-corrected chi connectivity index (χ0v) is 14.8. The van der Waals surface area contributed by atoms with Gasteiger partial charge in [0.05, 0.1) is 30.0 Å². The number of carbonyl (C=O) groups excluding carboxylic acids is 2. The van der Waals surface area contributed by atoms with Crippen LogP contribution in [0.4, 0.5) is 0 Å². The van der Waals surface area contributed by atoms with E-state index in [0.717, 1.165) is 5.57 Å². The molecule has 5 unspecified atom stereocenters. The SMILES string of the molecule is C=C1CC(O)C2C(C)(CO)C(=O)CCC2(C)C1CC(=O)c1ccoc1. The molecule has 2 aliphatic carbocycles. The van der Waals surface area contributed by atoms with Gasteiger partial charge in [0, 0.05) is 18.8 Å². The molecule has 25 heavy (non-hydrogen) atoms. The summed E-state index contributed by atoms with van der Waals surface area (Å²) in [5, 5.41) is 20.7. The monoisotopic (exact) mass is 346 g/mol. The standard InChI is InChI=1S/C20H26O5/c1-12-8-16(23)18-19(2,6-4-17(24)20(18,3)11-21)14(12)9-15(22)13-5-7-25-10-13/h5,7,10,14,16,18,21,23H,1,4,6,8-9,11H2,2-3H3. The summed E-state index contributed by atoms with van der Waals surface area (Å²) in [6, 6.07) is 1.64. The molecule has 2 aliphatic rings. The van der Waals surface area contributed by atoms with E-state index in [1.807, 2.05) is 6.92 Å². The van der Waals surface area contributed by atoms with Crippen LogP contribution in [0, 0.1) is 22.7 Å². The molecule has 0 bridgehead atoms. The molecule has 5 nitrogen and oxygen atoms in total. The Bertz CT molecular complexity index is 691. The lowest BCUT2D eigenvalue weighted by Crippen LogP contribution is -2.60. The van der Waals surface area contributed by atoms with Gasteiger partial charge in [-0.2, -0.15) is 0 Å². The number of hydrogen-bond donors (Lipinski definition) is 2. The summed E-state index contributed by atoms with van der Waals surface area (Å²) in [6.45, 7) is 7.60. The van der Waals surface area contributed by atoms with Gasteiger partial charge >= 0.3 is 0 Å². The maximum atomic E-state index is 12.6. The summed E-state index contributed by atoms with van der Waals surface area (Å²) in [4.78, 5) is 25.1. The Balaban J connectivity index is 1.97. The van der Waals surface area contributed by atoms with Crippen LogP contribution in [0.5, 0.6) is 0 Å². The summed E-state index contributed by atoms with van der Waals surface area (Å²) >= 11 is 0. The largest absolute Gasteiger partial charge is 0.472 e. The van der Waals surface area contributed by atoms with Crippen LogP contribution in [0.2, 0.25) is 0 Å². The highest BCUT2D eigenvalue weighted by molar-refractivity contribution is 5.96. The molecule has 5 heteroatoms. The quantitative estimate of drug-likeness (QED) is 0.646. The lowest BCUT2D eigenvalue weighted by Gasteiger charge is -2.59. The highest BCUT2D eigenvalue weighted by Gasteiger charge is 2.61. The lowest BCUT2D eigenvalue weighted by atomic mass is 9.45. The van der Waals surface area contributed by atoms with Gasteiger partial charge in [0.2, 0.25) is 0 Å². The van der Waals surface area contributed by atoms with E-state index in [1.54, 1.807) is 13.0 Å². The molecule has 0 amide bonds. The first-order valence-electron chi connectivity index (χ1n) is 8.79. The maximum Gasteiger partial charge on any atom is 0.166 e. The first-order chi connectivity index (χ1) is 11.7. The number of fused-ring (bicyclic) bond motifs is 1. The van der Waals surface area contributed by atoms with Crippen molar-refractivity contribution in [3.8, 4) is 0 Å². The fourth-order valence-electron chi connectivity index (χ4n) is 5.27. The second kappa shape index (κ2) is 6.22. The van der Waals surface area contributed by atoms with Crippen LogP contribution in [0.1, 0.15) is 49.9 Å². The van der Waals surface area contributed by atoms with Crippen molar-refractivity contribution in [3.63, 3.8) is 0 Å². The van der Waals surface area contributed by atoms with Gasteiger partial charge in [0.25, 0.3) is 0 Å². The molecule has 1 heterocycles. The molecule has 1 aromatic heterocycles. The molecule has 3 rings (SSSR count). The molecular formula is C20H26O5. The predicted molar refractivity (Wildman–Crippen MR) is 91.9 cm³/mol. The zero-order chi connectivity index (χ0) is 18.4. The molecule has 0 radical (unpaired) electrons. The molecule has 0 saturated heterocycles. The average Bonchev–Trinajstić information content (AvgIpc) is 3.09. The normalized spacial score (nSPS) is 38.5. The molecular weight excluding hydrogens is 320 g/mol. The predicted octanol–water partition coefficient (Wildman–Crippen LogP) is 2.77. The lowest BCUT2D eigenvalue weighted by molar-refractivity contribution is -0.167. The molecule has 2 fully saturated rings. The molecule has 0 aliphatic heterocycles. The fraction of sp³-hybridized carbons (Fsp3) is 0.600. The van der Waals surface area contributed by atoms with Gasteiger partial charge < -0.3 is 14.6 Å². The summed E-state index contributed by atoms with van der Waals surface area (Å²) in [5.41, 5.74) is -0.0718. The summed E-state index contributed by atoms with van der Waals surface area (Å²) in [5.74, 6) is -0.566. The molecule has 2 N–H and O–H groups in total. The van der Waals surface area contributed by atoms with Crippen LogP contribution in [0.3, 0.4) is 0 Å². The highest BCUT2D eigenvalue weighted by Crippen LogP contribution is 2.60. The zero-order valence-electron chi connectivity index (χ0n) is 14.8.